The third kappa shape index (κ3) is 4.34. The van der Waals surface area contributed by atoms with Gasteiger partial charge in [-0.2, -0.15) is 5.26 Å². The molecule has 0 spiro atoms. The summed E-state index contributed by atoms with van der Waals surface area (Å²) in [5, 5.41) is 17.4. The van der Waals surface area contributed by atoms with Gasteiger partial charge in [0, 0.05) is 12.5 Å². The van der Waals surface area contributed by atoms with E-state index in [1.54, 1.807) is 24.3 Å². The summed E-state index contributed by atoms with van der Waals surface area (Å²) in [6, 6.07) is 8.90. The molecule has 0 amide bonds. The first-order valence-electron chi connectivity index (χ1n) is 11.2. The number of aromatic amines is 1. The number of ether oxygens (including phenoxy) is 7. The molecule has 0 saturated carbocycles. The van der Waals surface area contributed by atoms with Crippen molar-refractivity contribution in [2.45, 2.75) is 12.8 Å². The summed E-state index contributed by atoms with van der Waals surface area (Å²) in [6.07, 6.45) is 0. The fourth-order valence-corrected chi connectivity index (χ4v) is 4.34. The maximum Gasteiger partial charge on any atom is 0.308 e. The second-order valence-corrected chi connectivity index (χ2v) is 8.00. The highest BCUT2D eigenvalue weighted by Crippen LogP contribution is 2.50. The van der Waals surface area contributed by atoms with Crippen molar-refractivity contribution < 1.29 is 38.0 Å². The molecule has 38 heavy (non-hydrogen) atoms. The molecular weight excluding hydrogens is 496 g/mol. The molecule has 2 heterocycles. The van der Waals surface area contributed by atoms with Gasteiger partial charge in [-0.3, -0.25) is 9.89 Å². The number of nitrogens with one attached hydrogen (secondary N) is 1. The molecule has 1 aliphatic heterocycles. The van der Waals surface area contributed by atoms with Gasteiger partial charge in [-0.1, -0.05) is 0 Å². The molecule has 12 heteroatoms. The number of allylic oxidation sites excluding steroid dienone is 1. The van der Waals surface area contributed by atoms with Crippen LogP contribution in [0.3, 0.4) is 0 Å². The van der Waals surface area contributed by atoms with Crippen LogP contribution in [0.2, 0.25) is 0 Å². The van der Waals surface area contributed by atoms with Crippen molar-refractivity contribution in [2.24, 2.45) is 5.73 Å². The molecule has 12 nitrogen and oxygen atoms in total. The van der Waals surface area contributed by atoms with Crippen molar-refractivity contribution in [1.29, 1.82) is 5.26 Å². The quantitative estimate of drug-likeness (QED) is 0.330. The van der Waals surface area contributed by atoms with Gasteiger partial charge in [0.15, 0.2) is 23.0 Å². The topological polar surface area (TPSA) is 160 Å². The fraction of sp³-hybridized carbons (Fsp3) is 0.269. The molecule has 3 N–H and O–H groups in total. The molecule has 1 aliphatic rings. The first-order valence-corrected chi connectivity index (χ1v) is 11.2. The number of carbonyl (C=O) groups is 1. The molecule has 1 aromatic heterocycles. The van der Waals surface area contributed by atoms with Crippen molar-refractivity contribution in [3.63, 3.8) is 0 Å². The zero-order chi connectivity index (χ0) is 27.6. The van der Waals surface area contributed by atoms with E-state index < -0.39 is 11.9 Å². The number of hydrogen-bond donors (Lipinski definition) is 2. The number of carbonyl (C=O) groups excluding carboxylic acids is 1. The Balaban J connectivity index is 1.99. The van der Waals surface area contributed by atoms with Gasteiger partial charge >= 0.3 is 5.97 Å². The van der Waals surface area contributed by atoms with Crippen LogP contribution in [0.15, 0.2) is 35.7 Å². The number of nitrogens with two attached hydrogens (primary N) is 1. The number of nitrogens with zero attached hydrogens (tertiary/aromatic N) is 2. The molecule has 198 valence electrons. The average Bonchev–Trinajstić information content (AvgIpc) is 3.34. The molecule has 0 fully saturated rings. The molecule has 1 atom stereocenters. The maximum absolute atomic E-state index is 11.7. The number of H-pyrrole nitrogens is 1. The molecule has 4 rings (SSSR count). The van der Waals surface area contributed by atoms with Crippen LogP contribution in [0.25, 0.3) is 11.3 Å². The molecule has 0 radical (unpaired) electrons. The number of fused-ring (bicyclic) bond motifs is 1. The maximum atomic E-state index is 11.7. The number of rotatable bonds is 8. The number of nitriles is 1. The fourth-order valence-electron chi connectivity index (χ4n) is 4.34. The Hall–Kier alpha value is -5.05. The van der Waals surface area contributed by atoms with E-state index in [-0.39, 0.29) is 34.6 Å². The third-order valence-electron chi connectivity index (χ3n) is 5.95. The number of benzene rings is 2. The summed E-state index contributed by atoms with van der Waals surface area (Å²) < 4.78 is 38.5. The minimum absolute atomic E-state index is 0.102. The van der Waals surface area contributed by atoms with Crippen molar-refractivity contribution in [2.75, 3.05) is 35.5 Å². The number of esters is 1. The molecule has 0 unspecified atom stereocenters. The van der Waals surface area contributed by atoms with E-state index in [1.807, 2.05) is 0 Å². The minimum atomic E-state index is -0.759. The standard InChI is InChI=1S/C26H26N4O8/c1-12(31)37-24-18(34-4)7-13(8-19(24)35-5)20-15(11-27)25(28)38-26-21(20)22(29-30-26)14-9-16(32-2)23(36-6)17(10-14)33-3/h7-10,20H,28H2,1-6H3,(H,29,30)/t20-/m1/s1. The largest absolute Gasteiger partial charge is 0.493 e. The van der Waals surface area contributed by atoms with Crippen LogP contribution in [0, 0.1) is 11.3 Å². The van der Waals surface area contributed by atoms with Gasteiger partial charge in [0.25, 0.3) is 0 Å². The Labute approximate surface area is 218 Å². The first kappa shape index (κ1) is 26.0. The summed E-state index contributed by atoms with van der Waals surface area (Å²) in [6.45, 7) is 1.27. The Bertz CT molecular complexity index is 1420. The molecular formula is C26H26N4O8. The van der Waals surface area contributed by atoms with E-state index in [9.17, 15) is 10.1 Å². The monoisotopic (exact) mass is 522 g/mol. The van der Waals surface area contributed by atoms with Crippen LogP contribution < -0.4 is 38.9 Å². The van der Waals surface area contributed by atoms with Gasteiger partial charge in [0.2, 0.25) is 23.3 Å². The van der Waals surface area contributed by atoms with Gasteiger partial charge < -0.3 is 38.9 Å². The van der Waals surface area contributed by atoms with Gasteiger partial charge in [-0.15, -0.1) is 5.10 Å². The minimum Gasteiger partial charge on any atom is -0.493 e. The van der Waals surface area contributed by atoms with Crippen LogP contribution in [-0.4, -0.2) is 51.7 Å². The third-order valence-corrected chi connectivity index (χ3v) is 5.95. The highest BCUT2D eigenvalue weighted by atomic mass is 16.6. The van der Waals surface area contributed by atoms with Crippen LogP contribution in [0.4, 0.5) is 0 Å². The average molecular weight is 523 g/mol. The van der Waals surface area contributed by atoms with Gasteiger partial charge in [-0.25, -0.2) is 0 Å². The van der Waals surface area contributed by atoms with E-state index in [0.717, 1.165) is 0 Å². The smallest absolute Gasteiger partial charge is 0.308 e. The second-order valence-electron chi connectivity index (χ2n) is 8.00. The summed E-state index contributed by atoms with van der Waals surface area (Å²) in [5.74, 6) is 0.559. The molecule has 0 saturated heterocycles. The molecule has 0 aliphatic carbocycles. The SMILES string of the molecule is COc1cc(-c2[nH]nc3c2[C@H](c2cc(OC)c(OC(C)=O)c(OC)c2)C(C#N)=C(N)O3)cc(OC)c1OC. The first-order chi connectivity index (χ1) is 18.3. The molecule has 2 aromatic carbocycles. The zero-order valence-corrected chi connectivity index (χ0v) is 21.6. The van der Waals surface area contributed by atoms with Crippen molar-refractivity contribution in [3.8, 4) is 57.7 Å². The van der Waals surface area contributed by atoms with E-state index in [2.05, 4.69) is 16.3 Å². The summed E-state index contributed by atoms with van der Waals surface area (Å²) in [7, 11) is 7.38. The molecule has 3 aromatic rings. The van der Waals surface area contributed by atoms with Crippen molar-refractivity contribution in [1.82, 2.24) is 10.2 Å². The second kappa shape index (κ2) is 10.5. The lowest BCUT2D eigenvalue weighted by atomic mass is 9.82. The number of aromatic nitrogens is 2. The van der Waals surface area contributed by atoms with Crippen LogP contribution >= 0.6 is 0 Å². The lowest BCUT2D eigenvalue weighted by molar-refractivity contribution is -0.132. The predicted octanol–water partition coefficient (Wildman–Crippen LogP) is 3.26. The Morgan fingerprint density at radius 1 is 0.947 bits per heavy atom. The highest BCUT2D eigenvalue weighted by molar-refractivity contribution is 5.76. The summed E-state index contributed by atoms with van der Waals surface area (Å²) in [4.78, 5) is 11.7. The van der Waals surface area contributed by atoms with Crippen molar-refractivity contribution in [3.05, 3.63) is 46.8 Å². The lowest BCUT2D eigenvalue weighted by Gasteiger charge is -2.25. The van der Waals surface area contributed by atoms with Gasteiger partial charge in [0.05, 0.1) is 52.7 Å². The van der Waals surface area contributed by atoms with Gasteiger partial charge in [-0.05, 0) is 29.8 Å². The van der Waals surface area contributed by atoms with E-state index in [1.165, 1.54) is 42.5 Å². The number of methoxy groups -OCH3 is 5. The van der Waals surface area contributed by atoms with Crippen LogP contribution in [0.1, 0.15) is 24.0 Å². The zero-order valence-electron chi connectivity index (χ0n) is 21.6. The number of hydrogen-bond acceptors (Lipinski definition) is 11. The van der Waals surface area contributed by atoms with Gasteiger partial charge in [0.1, 0.15) is 11.6 Å². The van der Waals surface area contributed by atoms with E-state index >= 15 is 0 Å². The Morgan fingerprint density at radius 2 is 1.50 bits per heavy atom. The van der Waals surface area contributed by atoms with E-state index in [0.29, 0.717) is 39.6 Å². The van der Waals surface area contributed by atoms with Crippen LogP contribution in [0.5, 0.6) is 40.4 Å². The lowest BCUT2D eigenvalue weighted by Crippen LogP contribution is -2.21. The van der Waals surface area contributed by atoms with Crippen molar-refractivity contribution >= 4 is 5.97 Å². The summed E-state index contributed by atoms with van der Waals surface area (Å²) in [5.41, 5.74) is 8.49. The van der Waals surface area contributed by atoms with E-state index in [4.69, 9.17) is 38.9 Å². The highest BCUT2D eigenvalue weighted by Gasteiger charge is 2.37. The Morgan fingerprint density at radius 3 is 1.97 bits per heavy atom. The Kier molecular flexibility index (Phi) is 7.20. The summed E-state index contributed by atoms with van der Waals surface area (Å²) >= 11 is 0. The normalized spacial score (nSPS) is 14.1. The molecule has 0 bridgehead atoms. The predicted molar refractivity (Wildman–Crippen MR) is 134 cm³/mol. The van der Waals surface area contributed by atoms with Crippen LogP contribution in [-0.2, 0) is 4.79 Å².